The number of likely N-dealkylation sites (tertiary alicyclic amines) is 1. The van der Waals surface area contributed by atoms with Gasteiger partial charge in [0.25, 0.3) is 0 Å². The number of piperidine rings is 1. The summed E-state index contributed by atoms with van der Waals surface area (Å²) in [6.07, 6.45) is 0.708. The number of amides is 1. The van der Waals surface area contributed by atoms with Gasteiger partial charge in [-0.1, -0.05) is 36.4 Å². The number of rotatable bonds is 1. The van der Waals surface area contributed by atoms with E-state index in [1.165, 1.54) is 0 Å². The second-order valence-electron chi connectivity index (χ2n) is 8.07. The van der Waals surface area contributed by atoms with Gasteiger partial charge in [0, 0.05) is 19.0 Å². The number of aliphatic hydroxyl groups is 1. The molecule has 0 bridgehead atoms. The fourth-order valence-corrected chi connectivity index (χ4v) is 3.56. The average Bonchev–Trinajstić information content (AvgIpc) is 2.52. The van der Waals surface area contributed by atoms with Crippen LogP contribution >= 0.6 is 0 Å². The van der Waals surface area contributed by atoms with E-state index >= 15 is 0 Å². The molecule has 4 heteroatoms. The first kappa shape index (κ1) is 17.7. The quantitative estimate of drug-likeness (QED) is 0.834. The Hall–Kier alpha value is -2.07. The van der Waals surface area contributed by atoms with Crippen LogP contribution in [0.2, 0.25) is 0 Å². The summed E-state index contributed by atoms with van der Waals surface area (Å²) in [4.78, 5) is 14.1. The number of fused-ring (bicyclic) bond motifs is 1. The van der Waals surface area contributed by atoms with Gasteiger partial charge >= 0.3 is 6.09 Å². The highest BCUT2D eigenvalue weighted by Crippen LogP contribution is 2.37. The smallest absolute Gasteiger partial charge is 0.410 e. The Bertz CT molecular complexity index is 780. The average molecular weight is 341 g/mol. The van der Waals surface area contributed by atoms with Crippen molar-refractivity contribution in [1.82, 2.24) is 4.90 Å². The highest BCUT2D eigenvalue weighted by Gasteiger charge is 2.40. The van der Waals surface area contributed by atoms with Gasteiger partial charge in [0.2, 0.25) is 0 Å². The molecule has 1 aliphatic rings. The fraction of sp³-hybridized carbons (Fsp3) is 0.476. The maximum atomic E-state index is 12.4. The van der Waals surface area contributed by atoms with Gasteiger partial charge in [0.05, 0.1) is 5.60 Å². The Balaban J connectivity index is 1.79. The van der Waals surface area contributed by atoms with Gasteiger partial charge in [-0.25, -0.2) is 4.79 Å². The lowest BCUT2D eigenvalue weighted by molar-refractivity contribution is -0.0545. The lowest BCUT2D eigenvalue weighted by Gasteiger charge is -2.43. The summed E-state index contributed by atoms with van der Waals surface area (Å²) in [5.41, 5.74) is -0.507. The minimum Gasteiger partial charge on any atom is -0.444 e. The van der Waals surface area contributed by atoms with Gasteiger partial charge in [-0.3, -0.25) is 0 Å². The molecule has 0 aromatic heterocycles. The van der Waals surface area contributed by atoms with E-state index in [2.05, 4.69) is 18.2 Å². The highest BCUT2D eigenvalue weighted by molar-refractivity contribution is 5.83. The number of nitrogens with zero attached hydrogens (tertiary/aromatic N) is 1. The predicted molar refractivity (Wildman–Crippen MR) is 99.5 cm³/mol. The third-order valence-electron chi connectivity index (χ3n) is 4.85. The zero-order valence-electron chi connectivity index (χ0n) is 15.5. The van der Waals surface area contributed by atoms with Gasteiger partial charge < -0.3 is 14.7 Å². The number of ether oxygens (including phenoxy) is 1. The van der Waals surface area contributed by atoms with E-state index in [-0.39, 0.29) is 12.1 Å². The second kappa shape index (κ2) is 6.34. The van der Waals surface area contributed by atoms with E-state index in [9.17, 15) is 9.90 Å². The van der Waals surface area contributed by atoms with E-state index < -0.39 is 11.2 Å². The highest BCUT2D eigenvalue weighted by atomic mass is 16.6. The summed E-state index contributed by atoms with van der Waals surface area (Å²) < 4.78 is 5.48. The van der Waals surface area contributed by atoms with Crippen molar-refractivity contribution < 1.29 is 14.6 Å². The van der Waals surface area contributed by atoms with Crippen molar-refractivity contribution in [2.75, 3.05) is 6.54 Å². The summed E-state index contributed by atoms with van der Waals surface area (Å²) in [5, 5.41) is 13.5. The van der Waals surface area contributed by atoms with E-state index in [1.807, 2.05) is 52.0 Å². The molecular weight excluding hydrogens is 314 g/mol. The topological polar surface area (TPSA) is 49.8 Å². The first-order valence-electron chi connectivity index (χ1n) is 8.89. The summed E-state index contributed by atoms with van der Waals surface area (Å²) in [5.74, 6) is 0. The zero-order valence-corrected chi connectivity index (χ0v) is 15.5. The first-order chi connectivity index (χ1) is 11.7. The minimum absolute atomic E-state index is 0.0833. The molecule has 2 aromatic rings. The lowest BCUT2D eigenvalue weighted by Crippen LogP contribution is -2.51. The molecule has 0 radical (unpaired) electrons. The van der Waals surface area contributed by atoms with Crippen LogP contribution in [-0.4, -0.2) is 34.3 Å². The summed E-state index contributed by atoms with van der Waals surface area (Å²) in [7, 11) is 0. The van der Waals surface area contributed by atoms with Crippen LogP contribution in [0.5, 0.6) is 0 Å². The van der Waals surface area contributed by atoms with Crippen LogP contribution in [0.4, 0.5) is 4.79 Å². The molecule has 25 heavy (non-hydrogen) atoms. The molecule has 134 valence electrons. The summed E-state index contributed by atoms with van der Waals surface area (Å²) >= 11 is 0. The van der Waals surface area contributed by atoms with Crippen molar-refractivity contribution in [2.24, 2.45) is 0 Å². The molecule has 0 saturated carbocycles. The van der Waals surface area contributed by atoms with Crippen molar-refractivity contribution in [3.8, 4) is 0 Å². The van der Waals surface area contributed by atoms with E-state index in [4.69, 9.17) is 4.74 Å². The van der Waals surface area contributed by atoms with Gasteiger partial charge in [-0.15, -0.1) is 0 Å². The molecule has 0 unspecified atom stereocenters. The normalized spacial score (nSPS) is 24.4. The molecule has 0 spiro atoms. The van der Waals surface area contributed by atoms with Crippen LogP contribution in [0.15, 0.2) is 42.5 Å². The maximum absolute atomic E-state index is 12.4. The molecule has 1 saturated heterocycles. The van der Waals surface area contributed by atoms with Gasteiger partial charge in [0.1, 0.15) is 5.60 Å². The second-order valence-corrected chi connectivity index (χ2v) is 8.07. The zero-order chi connectivity index (χ0) is 18.2. The maximum Gasteiger partial charge on any atom is 0.410 e. The van der Waals surface area contributed by atoms with E-state index in [0.29, 0.717) is 19.4 Å². The lowest BCUT2D eigenvalue weighted by atomic mass is 9.81. The molecule has 1 amide bonds. The standard InChI is InChI=1S/C21H27NO3/c1-15-14-21(24,11-12-22(15)19(23)25-20(2,3)4)18-10-9-16-7-5-6-8-17(16)13-18/h5-10,13,15,24H,11-12,14H2,1-4H3/t15-,21-/m0/s1. The molecular formula is C21H27NO3. The van der Waals surface area contributed by atoms with Crippen molar-refractivity contribution in [2.45, 2.75) is 57.8 Å². The predicted octanol–water partition coefficient (Wildman–Crippen LogP) is 4.45. The molecule has 3 rings (SSSR count). The number of benzene rings is 2. The molecule has 1 N–H and O–H groups in total. The van der Waals surface area contributed by atoms with Crippen LogP contribution < -0.4 is 0 Å². The van der Waals surface area contributed by atoms with E-state index in [1.54, 1.807) is 4.90 Å². The molecule has 0 aliphatic carbocycles. The Morgan fingerprint density at radius 1 is 1.20 bits per heavy atom. The number of hydrogen-bond donors (Lipinski definition) is 1. The van der Waals surface area contributed by atoms with Gasteiger partial charge in [0.15, 0.2) is 0 Å². The molecule has 2 aromatic carbocycles. The number of carbonyl (C=O) groups excluding carboxylic acids is 1. The van der Waals surface area contributed by atoms with Gasteiger partial charge in [-0.2, -0.15) is 0 Å². The van der Waals surface area contributed by atoms with Crippen LogP contribution in [0, 0.1) is 0 Å². The van der Waals surface area contributed by atoms with Crippen LogP contribution in [0.3, 0.4) is 0 Å². The molecule has 2 atom stereocenters. The van der Waals surface area contributed by atoms with Gasteiger partial charge in [-0.05, 0) is 56.5 Å². The Labute approximate surface area is 149 Å². The molecule has 1 heterocycles. The summed E-state index contributed by atoms with van der Waals surface area (Å²) in [6, 6.07) is 14.2. The van der Waals surface area contributed by atoms with Crippen molar-refractivity contribution in [3.63, 3.8) is 0 Å². The molecule has 1 fully saturated rings. The minimum atomic E-state index is -0.915. The Morgan fingerprint density at radius 2 is 1.88 bits per heavy atom. The Kier molecular flexibility index (Phi) is 4.50. The van der Waals surface area contributed by atoms with Crippen LogP contribution in [-0.2, 0) is 10.3 Å². The first-order valence-corrected chi connectivity index (χ1v) is 8.89. The molecule has 4 nitrogen and oxygen atoms in total. The number of carbonyl (C=O) groups is 1. The van der Waals surface area contributed by atoms with Crippen molar-refractivity contribution in [3.05, 3.63) is 48.0 Å². The van der Waals surface area contributed by atoms with Crippen molar-refractivity contribution in [1.29, 1.82) is 0 Å². The SMILES string of the molecule is C[C@H]1C[C@](O)(c2ccc3ccccc3c2)CCN1C(=O)OC(C)(C)C. The van der Waals surface area contributed by atoms with E-state index in [0.717, 1.165) is 16.3 Å². The van der Waals surface area contributed by atoms with Crippen LogP contribution in [0.25, 0.3) is 10.8 Å². The monoisotopic (exact) mass is 341 g/mol. The Morgan fingerprint density at radius 3 is 2.52 bits per heavy atom. The third kappa shape index (κ3) is 3.79. The third-order valence-corrected chi connectivity index (χ3v) is 4.85. The molecule has 1 aliphatic heterocycles. The fourth-order valence-electron chi connectivity index (χ4n) is 3.56. The summed E-state index contributed by atoms with van der Waals surface area (Å²) in [6.45, 7) is 8.05. The van der Waals surface area contributed by atoms with Crippen molar-refractivity contribution >= 4 is 16.9 Å². The number of hydrogen-bond acceptors (Lipinski definition) is 3. The van der Waals surface area contributed by atoms with Crippen LogP contribution in [0.1, 0.15) is 46.1 Å². The largest absolute Gasteiger partial charge is 0.444 e.